The standard InChI is InChI=1S/C20H18N6O2/c1-3-28-20(27)15-11-23-26(19(15)25-17-10-13(2)21-12-22-17)18-9-8-14-6-4-5-7-16(14)24-18/h4-12H,3H2,1-2H3,(H,21,22,25). The van der Waals surface area contributed by atoms with Gasteiger partial charge in [0.25, 0.3) is 0 Å². The second-order valence-electron chi connectivity index (χ2n) is 6.07. The smallest absolute Gasteiger partial charge is 0.343 e. The Balaban J connectivity index is 1.82. The summed E-state index contributed by atoms with van der Waals surface area (Å²) in [6.45, 7) is 3.89. The summed E-state index contributed by atoms with van der Waals surface area (Å²) in [6, 6.07) is 13.4. The van der Waals surface area contributed by atoms with E-state index in [1.165, 1.54) is 12.5 Å². The molecule has 0 spiro atoms. The van der Waals surface area contributed by atoms with E-state index in [0.717, 1.165) is 16.6 Å². The maximum Gasteiger partial charge on any atom is 0.343 e. The number of aromatic nitrogens is 5. The highest BCUT2D eigenvalue weighted by atomic mass is 16.5. The molecule has 1 N–H and O–H groups in total. The Labute approximate surface area is 161 Å². The second-order valence-corrected chi connectivity index (χ2v) is 6.07. The molecule has 0 saturated carbocycles. The van der Waals surface area contributed by atoms with Gasteiger partial charge in [-0.1, -0.05) is 18.2 Å². The van der Waals surface area contributed by atoms with Gasteiger partial charge in [-0.15, -0.1) is 0 Å². The molecule has 0 aliphatic rings. The molecule has 140 valence electrons. The average Bonchev–Trinajstić information content (AvgIpc) is 3.11. The van der Waals surface area contributed by atoms with Crippen molar-refractivity contribution < 1.29 is 9.53 Å². The lowest BCUT2D eigenvalue weighted by Gasteiger charge is -2.11. The van der Waals surface area contributed by atoms with E-state index in [1.54, 1.807) is 17.7 Å². The van der Waals surface area contributed by atoms with E-state index in [2.05, 4.69) is 25.4 Å². The first-order valence-corrected chi connectivity index (χ1v) is 8.82. The molecule has 3 aromatic heterocycles. The van der Waals surface area contributed by atoms with Crippen molar-refractivity contribution in [1.29, 1.82) is 0 Å². The van der Waals surface area contributed by atoms with Crippen LogP contribution in [0.1, 0.15) is 23.0 Å². The van der Waals surface area contributed by atoms with Gasteiger partial charge in [0, 0.05) is 17.1 Å². The number of nitrogens with zero attached hydrogens (tertiary/aromatic N) is 5. The van der Waals surface area contributed by atoms with E-state index in [-0.39, 0.29) is 6.61 Å². The normalized spacial score (nSPS) is 10.8. The third kappa shape index (κ3) is 3.39. The molecule has 0 saturated heterocycles. The van der Waals surface area contributed by atoms with Gasteiger partial charge in [0.2, 0.25) is 0 Å². The zero-order chi connectivity index (χ0) is 19.5. The van der Waals surface area contributed by atoms with Crippen LogP contribution < -0.4 is 5.32 Å². The van der Waals surface area contributed by atoms with Gasteiger partial charge < -0.3 is 10.1 Å². The van der Waals surface area contributed by atoms with Crippen molar-refractivity contribution >= 4 is 28.5 Å². The Bertz CT molecular complexity index is 1150. The highest BCUT2D eigenvalue weighted by Crippen LogP contribution is 2.25. The molecule has 0 radical (unpaired) electrons. The fraction of sp³-hybridized carbons (Fsp3) is 0.150. The lowest BCUT2D eigenvalue weighted by Crippen LogP contribution is -2.10. The molecule has 8 heteroatoms. The average molecular weight is 374 g/mol. The number of hydrogen-bond donors (Lipinski definition) is 1. The Kier molecular flexibility index (Phi) is 4.67. The minimum atomic E-state index is -0.470. The van der Waals surface area contributed by atoms with Crippen molar-refractivity contribution in [2.75, 3.05) is 11.9 Å². The fourth-order valence-corrected chi connectivity index (χ4v) is 2.82. The molecule has 0 aliphatic carbocycles. The van der Waals surface area contributed by atoms with Gasteiger partial charge in [0.1, 0.15) is 17.7 Å². The number of pyridine rings is 1. The highest BCUT2D eigenvalue weighted by molar-refractivity contribution is 5.95. The van der Waals surface area contributed by atoms with Gasteiger partial charge in [-0.2, -0.15) is 9.78 Å². The van der Waals surface area contributed by atoms with Crippen LogP contribution in [-0.2, 0) is 4.74 Å². The maximum atomic E-state index is 12.4. The molecule has 3 heterocycles. The molecule has 0 fully saturated rings. The number of hydrogen-bond acceptors (Lipinski definition) is 7. The lowest BCUT2D eigenvalue weighted by atomic mass is 10.2. The summed E-state index contributed by atoms with van der Waals surface area (Å²) in [7, 11) is 0. The zero-order valence-corrected chi connectivity index (χ0v) is 15.5. The van der Waals surface area contributed by atoms with Crippen LogP contribution in [0.2, 0.25) is 0 Å². The monoisotopic (exact) mass is 374 g/mol. The first kappa shape index (κ1) is 17.6. The Morgan fingerprint density at radius 1 is 1.18 bits per heavy atom. The highest BCUT2D eigenvalue weighted by Gasteiger charge is 2.21. The zero-order valence-electron chi connectivity index (χ0n) is 15.5. The summed E-state index contributed by atoms with van der Waals surface area (Å²) in [6.07, 6.45) is 2.92. The predicted octanol–water partition coefficient (Wildman–Crippen LogP) is 3.44. The molecule has 0 bridgehead atoms. The summed E-state index contributed by atoms with van der Waals surface area (Å²) in [5.74, 6) is 1.07. The number of nitrogens with one attached hydrogen (secondary N) is 1. The van der Waals surface area contributed by atoms with E-state index in [4.69, 9.17) is 4.74 Å². The van der Waals surface area contributed by atoms with Crippen LogP contribution in [0.3, 0.4) is 0 Å². The molecular weight excluding hydrogens is 356 g/mol. The minimum absolute atomic E-state index is 0.268. The van der Waals surface area contributed by atoms with E-state index in [9.17, 15) is 4.79 Å². The predicted molar refractivity (Wildman–Crippen MR) is 105 cm³/mol. The fourth-order valence-electron chi connectivity index (χ4n) is 2.82. The number of esters is 1. The molecule has 0 amide bonds. The molecular formula is C20H18N6O2. The SMILES string of the molecule is CCOC(=O)c1cnn(-c2ccc3ccccc3n2)c1Nc1cc(C)ncn1. The first-order valence-electron chi connectivity index (χ1n) is 8.82. The van der Waals surface area contributed by atoms with Crippen molar-refractivity contribution in [1.82, 2.24) is 24.7 Å². The topological polar surface area (TPSA) is 94.8 Å². The van der Waals surface area contributed by atoms with Gasteiger partial charge in [-0.3, -0.25) is 0 Å². The summed E-state index contributed by atoms with van der Waals surface area (Å²) in [4.78, 5) is 25.4. The molecule has 1 aromatic carbocycles. The molecule has 4 rings (SSSR count). The third-order valence-corrected chi connectivity index (χ3v) is 4.12. The van der Waals surface area contributed by atoms with E-state index < -0.39 is 5.97 Å². The van der Waals surface area contributed by atoms with Crippen molar-refractivity contribution in [2.24, 2.45) is 0 Å². The molecule has 4 aromatic rings. The minimum Gasteiger partial charge on any atom is -0.462 e. The van der Waals surface area contributed by atoms with Crippen LogP contribution in [-0.4, -0.2) is 37.3 Å². The van der Waals surface area contributed by atoms with E-state index in [0.29, 0.717) is 23.0 Å². The number of aryl methyl sites for hydroxylation is 1. The number of ether oxygens (including phenoxy) is 1. The van der Waals surface area contributed by atoms with Gasteiger partial charge in [-0.05, 0) is 32.0 Å². The van der Waals surface area contributed by atoms with Gasteiger partial charge in [-0.25, -0.2) is 19.7 Å². The summed E-state index contributed by atoms with van der Waals surface area (Å²) < 4.78 is 6.73. The van der Waals surface area contributed by atoms with Gasteiger partial charge in [0.05, 0.1) is 18.3 Å². The van der Waals surface area contributed by atoms with Crippen molar-refractivity contribution in [3.05, 3.63) is 66.2 Å². The summed E-state index contributed by atoms with van der Waals surface area (Å²) in [5.41, 5.74) is 1.93. The third-order valence-electron chi connectivity index (χ3n) is 4.12. The van der Waals surface area contributed by atoms with E-state index >= 15 is 0 Å². The first-order chi connectivity index (χ1) is 13.7. The Hall–Kier alpha value is -3.81. The number of benzene rings is 1. The summed E-state index contributed by atoms with van der Waals surface area (Å²) in [5, 5.41) is 8.54. The van der Waals surface area contributed by atoms with Crippen LogP contribution in [0.15, 0.2) is 55.0 Å². The number of carbonyl (C=O) groups is 1. The molecule has 8 nitrogen and oxygen atoms in total. The summed E-state index contributed by atoms with van der Waals surface area (Å²) >= 11 is 0. The van der Waals surface area contributed by atoms with Crippen LogP contribution >= 0.6 is 0 Å². The van der Waals surface area contributed by atoms with Crippen LogP contribution in [0.5, 0.6) is 0 Å². The molecule has 28 heavy (non-hydrogen) atoms. The van der Waals surface area contributed by atoms with Crippen molar-refractivity contribution in [3.63, 3.8) is 0 Å². The number of carbonyl (C=O) groups excluding carboxylic acids is 1. The quantitative estimate of drug-likeness (QED) is 0.535. The lowest BCUT2D eigenvalue weighted by molar-refractivity contribution is 0.0527. The Morgan fingerprint density at radius 2 is 2.04 bits per heavy atom. The van der Waals surface area contributed by atoms with E-state index in [1.807, 2.05) is 43.3 Å². The van der Waals surface area contributed by atoms with Gasteiger partial charge in [0.15, 0.2) is 11.6 Å². The molecule has 0 aliphatic heterocycles. The number of fused-ring (bicyclic) bond motifs is 1. The maximum absolute atomic E-state index is 12.4. The van der Waals surface area contributed by atoms with Gasteiger partial charge >= 0.3 is 5.97 Å². The van der Waals surface area contributed by atoms with Crippen LogP contribution in [0.4, 0.5) is 11.6 Å². The number of para-hydroxylation sites is 1. The van der Waals surface area contributed by atoms with Crippen LogP contribution in [0.25, 0.3) is 16.7 Å². The van der Waals surface area contributed by atoms with Crippen molar-refractivity contribution in [2.45, 2.75) is 13.8 Å². The Morgan fingerprint density at radius 3 is 2.86 bits per heavy atom. The molecule has 0 atom stereocenters. The van der Waals surface area contributed by atoms with Crippen molar-refractivity contribution in [3.8, 4) is 5.82 Å². The van der Waals surface area contributed by atoms with Crippen LogP contribution in [0, 0.1) is 6.92 Å². The number of anilines is 2. The molecule has 0 unspecified atom stereocenters. The largest absolute Gasteiger partial charge is 0.462 e. The number of rotatable bonds is 5. The second kappa shape index (κ2) is 7.43.